The molecule has 10 heteroatoms. The maximum Gasteiger partial charge on any atom is 0.207 e. The summed E-state index contributed by atoms with van der Waals surface area (Å²) in [5.74, 6) is 0. The van der Waals surface area contributed by atoms with Crippen LogP contribution in [0.1, 0.15) is 0 Å². The molecule has 0 radical (unpaired) electrons. The Morgan fingerprint density at radius 3 is 1.07 bits per heavy atom. The first-order valence-electron chi connectivity index (χ1n) is 9.77. The van der Waals surface area contributed by atoms with Gasteiger partial charge in [-0.1, -0.05) is 0 Å². The second-order valence-electron chi connectivity index (χ2n) is 5.46. The van der Waals surface area contributed by atoms with Crippen LogP contribution in [0.15, 0.2) is 0 Å². The van der Waals surface area contributed by atoms with Crippen molar-refractivity contribution in [2.75, 3.05) is 113 Å². The number of likely N-dealkylation sites (N-methyl/N-ethyl adjacent to an activating group) is 1. The van der Waals surface area contributed by atoms with Gasteiger partial charge in [0.1, 0.15) is 0 Å². The van der Waals surface area contributed by atoms with Gasteiger partial charge >= 0.3 is 0 Å². The van der Waals surface area contributed by atoms with Crippen molar-refractivity contribution in [1.82, 2.24) is 10.6 Å². The molecule has 10 nitrogen and oxygen atoms in total. The van der Waals surface area contributed by atoms with Crippen LogP contribution in [-0.4, -0.2) is 119 Å². The third-order valence-corrected chi connectivity index (χ3v) is 3.20. The maximum absolute atomic E-state index is 10.00. The van der Waals surface area contributed by atoms with Crippen molar-refractivity contribution in [2.45, 2.75) is 0 Å². The fourth-order valence-corrected chi connectivity index (χ4v) is 1.79. The largest absolute Gasteiger partial charge is 0.378 e. The Bertz CT molecular complexity index is 301. The monoisotopic (exact) mass is 410 g/mol. The number of nitrogens with one attached hydrogen (secondary N) is 2. The van der Waals surface area contributed by atoms with Crippen LogP contribution in [0, 0.1) is 0 Å². The van der Waals surface area contributed by atoms with Crippen molar-refractivity contribution in [3.63, 3.8) is 0 Å². The van der Waals surface area contributed by atoms with Crippen LogP contribution in [0.4, 0.5) is 0 Å². The molecule has 1 amide bonds. The normalized spacial score (nSPS) is 11.0. The summed E-state index contributed by atoms with van der Waals surface area (Å²) in [6.07, 6.45) is 0.648. The van der Waals surface area contributed by atoms with Gasteiger partial charge in [0.05, 0.1) is 92.5 Å². The lowest BCUT2D eigenvalue weighted by molar-refractivity contribution is -0.109. The Morgan fingerprint density at radius 1 is 0.500 bits per heavy atom. The molecule has 0 aliphatic carbocycles. The van der Waals surface area contributed by atoms with E-state index in [1.54, 1.807) is 0 Å². The number of ether oxygens (including phenoxy) is 7. The highest BCUT2D eigenvalue weighted by Crippen LogP contribution is 1.85. The molecule has 0 aliphatic rings. The van der Waals surface area contributed by atoms with E-state index in [0.29, 0.717) is 105 Å². The molecule has 0 aromatic rings. The summed E-state index contributed by atoms with van der Waals surface area (Å²) in [6, 6.07) is 0. The van der Waals surface area contributed by atoms with E-state index in [1.807, 2.05) is 7.05 Å². The van der Waals surface area contributed by atoms with Gasteiger partial charge in [0.15, 0.2) is 0 Å². The van der Waals surface area contributed by atoms with Crippen molar-refractivity contribution >= 4 is 6.41 Å². The van der Waals surface area contributed by atoms with E-state index >= 15 is 0 Å². The molecule has 0 aliphatic heterocycles. The summed E-state index contributed by atoms with van der Waals surface area (Å²) in [6.45, 7) is 8.97. The number of carbonyl (C=O) groups is 1. The van der Waals surface area contributed by atoms with Crippen LogP contribution < -0.4 is 10.6 Å². The Balaban J connectivity index is 2.97. The average Bonchev–Trinajstić information content (AvgIpc) is 2.71. The van der Waals surface area contributed by atoms with E-state index in [9.17, 15) is 4.79 Å². The Kier molecular flexibility index (Phi) is 25.4. The molecule has 0 unspecified atom stereocenters. The zero-order valence-corrected chi connectivity index (χ0v) is 17.2. The molecule has 28 heavy (non-hydrogen) atoms. The zero-order chi connectivity index (χ0) is 20.4. The first-order chi connectivity index (χ1) is 13.9. The minimum Gasteiger partial charge on any atom is -0.378 e. The molecule has 0 rings (SSSR count). The van der Waals surface area contributed by atoms with Gasteiger partial charge in [0.25, 0.3) is 0 Å². The Hall–Kier alpha value is -0.850. The predicted molar refractivity (Wildman–Crippen MR) is 104 cm³/mol. The number of carbonyl (C=O) groups excluding carboxylic acids is 1. The second-order valence-corrected chi connectivity index (χ2v) is 5.46. The van der Waals surface area contributed by atoms with Gasteiger partial charge in [0.2, 0.25) is 6.41 Å². The van der Waals surface area contributed by atoms with Crippen LogP contribution in [0.5, 0.6) is 0 Å². The smallest absolute Gasteiger partial charge is 0.207 e. The zero-order valence-electron chi connectivity index (χ0n) is 17.2. The van der Waals surface area contributed by atoms with E-state index in [0.717, 1.165) is 6.54 Å². The van der Waals surface area contributed by atoms with Crippen LogP contribution in [-0.2, 0) is 38.0 Å². The SMILES string of the molecule is CNCCOCCOCCOCCOCCOCCOCCOCCNC=O. The fourth-order valence-electron chi connectivity index (χ4n) is 1.79. The molecule has 0 aromatic carbocycles. The van der Waals surface area contributed by atoms with Crippen LogP contribution in [0.25, 0.3) is 0 Å². The highest BCUT2D eigenvalue weighted by atomic mass is 16.6. The Labute approximate surface area is 168 Å². The van der Waals surface area contributed by atoms with E-state index in [-0.39, 0.29) is 0 Å². The standard InChI is InChI=1S/C18H38N2O8/c1-19-2-4-22-6-8-24-10-12-26-14-16-28-17-15-27-13-11-25-9-7-23-5-3-20-18-21/h18-19H,2-17H2,1H3,(H,20,21). The predicted octanol–water partition coefficient (Wildman–Crippen LogP) is -0.932. The lowest BCUT2D eigenvalue weighted by Gasteiger charge is -2.08. The highest BCUT2D eigenvalue weighted by molar-refractivity contribution is 5.45. The van der Waals surface area contributed by atoms with Gasteiger partial charge in [-0.2, -0.15) is 0 Å². The molecule has 0 fully saturated rings. The summed E-state index contributed by atoms with van der Waals surface area (Å²) in [7, 11) is 1.89. The first kappa shape index (κ1) is 27.1. The van der Waals surface area contributed by atoms with Crippen molar-refractivity contribution < 1.29 is 38.0 Å². The summed E-state index contributed by atoms with van der Waals surface area (Å²) in [5.41, 5.74) is 0. The molecule has 0 bridgehead atoms. The van der Waals surface area contributed by atoms with Crippen LogP contribution in [0.2, 0.25) is 0 Å². The number of rotatable bonds is 25. The number of amides is 1. The molecule has 168 valence electrons. The third kappa shape index (κ3) is 25.1. The van der Waals surface area contributed by atoms with Crippen LogP contribution >= 0.6 is 0 Å². The first-order valence-corrected chi connectivity index (χ1v) is 9.77. The quantitative estimate of drug-likeness (QED) is 0.146. The number of hydrogen-bond acceptors (Lipinski definition) is 9. The lowest BCUT2D eigenvalue weighted by atomic mass is 10.6. The molecule has 0 aromatic heterocycles. The van der Waals surface area contributed by atoms with Gasteiger partial charge in [-0.15, -0.1) is 0 Å². The van der Waals surface area contributed by atoms with Crippen LogP contribution in [0.3, 0.4) is 0 Å². The van der Waals surface area contributed by atoms with Gasteiger partial charge < -0.3 is 43.8 Å². The summed E-state index contributed by atoms with van der Waals surface area (Å²) < 4.78 is 37.5. The highest BCUT2D eigenvalue weighted by Gasteiger charge is 1.94. The minimum atomic E-state index is 0.485. The van der Waals surface area contributed by atoms with Gasteiger partial charge in [-0.3, -0.25) is 4.79 Å². The average molecular weight is 411 g/mol. The Morgan fingerprint density at radius 2 is 0.786 bits per heavy atom. The van der Waals surface area contributed by atoms with E-state index in [2.05, 4.69) is 10.6 Å². The van der Waals surface area contributed by atoms with E-state index in [1.165, 1.54) is 0 Å². The topological polar surface area (TPSA) is 106 Å². The molecule has 0 atom stereocenters. The van der Waals surface area contributed by atoms with Crippen molar-refractivity contribution in [2.24, 2.45) is 0 Å². The molecular weight excluding hydrogens is 372 g/mol. The lowest BCUT2D eigenvalue weighted by Crippen LogP contribution is -2.19. The fraction of sp³-hybridized carbons (Fsp3) is 0.944. The van der Waals surface area contributed by atoms with E-state index in [4.69, 9.17) is 33.2 Å². The van der Waals surface area contributed by atoms with Crippen molar-refractivity contribution in [3.05, 3.63) is 0 Å². The molecular formula is C18H38N2O8. The minimum absolute atomic E-state index is 0.485. The second kappa shape index (κ2) is 26.1. The third-order valence-electron chi connectivity index (χ3n) is 3.20. The van der Waals surface area contributed by atoms with Crippen molar-refractivity contribution in [1.29, 1.82) is 0 Å². The number of hydrogen-bond donors (Lipinski definition) is 2. The van der Waals surface area contributed by atoms with Crippen molar-refractivity contribution in [3.8, 4) is 0 Å². The summed E-state index contributed by atoms with van der Waals surface area (Å²) >= 11 is 0. The molecule has 0 saturated heterocycles. The van der Waals surface area contributed by atoms with Gasteiger partial charge in [0, 0.05) is 13.1 Å². The molecule has 0 saturated carbocycles. The van der Waals surface area contributed by atoms with E-state index < -0.39 is 0 Å². The molecule has 0 heterocycles. The molecule has 2 N–H and O–H groups in total. The maximum atomic E-state index is 10.00. The van der Waals surface area contributed by atoms with Gasteiger partial charge in [-0.05, 0) is 7.05 Å². The van der Waals surface area contributed by atoms with Gasteiger partial charge in [-0.25, -0.2) is 0 Å². The summed E-state index contributed by atoms with van der Waals surface area (Å²) in [4.78, 5) is 10.00. The summed E-state index contributed by atoms with van der Waals surface area (Å²) in [5, 5.41) is 5.52. The molecule has 0 spiro atoms.